The fraction of sp³-hybridized carbons (Fsp3) is 0.300. The van der Waals surface area contributed by atoms with Gasteiger partial charge >= 0.3 is 0 Å². The van der Waals surface area contributed by atoms with Crippen molar-refractivity contribution in [1.82, 2.24) is 9.80 Å². The van der Waals surface area contributed by atoms with Crippen LogP contribution in [0.15, 0.2) is 50.0 Å². The molecule has 0 N–H and O–H groups in total. The molecular weight excluding hydrogens is 332 g/mol. The molecule has 1 atom stereocenters. The molecule has 1 amide bonds. The molecule has 1 aliphatic rings. The van der Waals surface area contributed by atoms with Gasteiger partial charge in [0.1, 0.15) is 23.1 Å². The molecule has 0 bridgehead atoms. The summed E-state index contributed by atoms with van der Waals surface area (Å²) in [6, 6.07) is 10.1. The quantitative estimate of drug-likeness (QED) is 0.722. The van der Waals surface area contributed by atoms with Gasteiger partial charge in [-0.15, -0.1) is 0 Å². The fourth-order valence-corrected chi connectivity index (χ4v) is 3.40. The van der Waals surface area contributed by atoms with Crippen molar-refractivity contribution in [3.63, 3.8) is 0 Å². The summed E-state index contributed by atoms with van der Waals surface area (Å²) >= 11 is 0. The highest BCUT2D eigenvalue weighted by atomic mass is 16.4. The molecule has 0 fully saturated rings. The lowest BCUT2D eigenvalue weighted by molar-refractivity contribution is 0.0702. The molecule has 3 aromatic rings. The van der Waals surface area contributed by atoms with Gasteiger partial charge in [0.05, 0.1) is 10.9 Å². The van der Waals surface area contributed by atoms with E-state index >= 15 is 0 Å². The topological polar surface area (TPSA) is 66.9 Å². The van der Waals surface area contributed by atoms with Gasteiger partial charge in [-0.2, -0.15) is 0 Å². The van der Waals surface area contributed by atoms with Crippen molar-refractivity contribution in [2.75, 3.05) is 27.2 Å². The summed E-state index contributed by atoms with van der Waals surface area (Å²) in [5.74, 6) is 1.16. The molecule has 1 aromatic carbocycles. The van der Waals surface area contributed by atoms with Crippen molar-refractivity contribution in [3.8, 4) is 0 Å². The molecule has 26 heavy (non-hydrogen) atoms. The molecule has 134 valence electrons. The Morgan fingerprint density at radius 2 is 1.85 bits per heavy atom. The van der Waals surface area contributed by atoms with Crippen LogP contribution in [0.4, 0.5) is 0 Å². The third kappa shape index (κ3) is 2.54. The number of carbonyl (C=O) groups excluding carboxylic acids is 1. The molecule has 6 nitrogen and oxygen atoms in total. The maximum Gasteiger partial charge on any atom is 0.291 e. The smallest absolute Gasteiger partial charge is 0.291 e. The van der Waals surface area contributed by atoms with Crippen molar-refractivity contribution in [2.45, 2.75) is 13.0 Å². The number of benzene rings is 1. The standard InChI is InChI=1S/C20H20N2O4/c1-12-8-9-15(25-12)17-16-18(23)13-6-4-5-7-14(13)26-19(16)20(24)22(17)11-10-21(2)3/h4-9,17H,10-11H2,1-3H3/t17-/m1/s1. The van der Waals surface area contributed by atoms with E-state index in [9.17, 15) is 9.59 Å². The third-order valence-electron chi connectivity index (χ3n) is 4.69. The minimum Gasteiger partial charge on any atom is -0.464 e. The second kappa shape index (κ2) is 6.14. The molecule has 0 saturated heterocycles. The average molecular weight is 352 g/mol. The Labute approximate surface area is 150 Å². The largest absolute Gasteiger partial charge is 0.464 e. The van der Waals surface area contributed by atoms with E-state index in [0.717, 1.165) is 5.76 Å². The van der Waals surface area contributed by atoms with Crippen LogP contribution in [-0.4, -0.2) is 42.9 Å². The molecule has 6 heteroatoms. The monoisotopic (exact) mass is 352 g/mol. The average Bonchev–Trinajstić information content (AvgIpc) is 3.15. The Bertz CT molecular complexity index is 1050. The second-order valence-corrected chi connectivity index (χ2v) is 6.82. The Morgan fingerprint density at radius 1 is 1.08 bits per heavy atom. The molecule has 0 saturated carbocycles. The van der Waals surface area contributed by atoms with E-state index in [1.807, 2.05) is 38.1 Å². The summed E-state index contributed by atoms with van der Waals surface area (Å²) in [6.07, 6.45) is 0. The summed E-state index contributed by atoms with van der Waals surface area (Å²) in [5.41, 5.74) is 0.608. The minimum atomic E-state index is -0.563. The molecule has 1 aliphatic heterocycles. The van der Waals surface area contributed by atoms with E-state index in [2.05, 4.69) is 0 Å². The van der Waals surface area contributed by atoms with Crippen LogP contribution in [-0.2, 0) is 0 Å². The van der Waals surface area contributed by atoms with Gasteiger partial charge < -0.3 is 18.6 Å². The lowest BCUT2D eigenvalue weighted by atomic mass is 10.0. The van der Waals surface area contributed by atoms with E-state index in [1.54, 1.807) is 29.2 Å². The van der Waals surface area contributed by atoms with Crippen LogP contribution in [0.3, 0.4) is 0 Å². The highest BCUT2D eigenvalue weighted by molar-refractivity contribution is 5.98. The first kappa shape index (κ1) is 16.6. The highest BCUT2D eigenvalue weighted by Crippen LogP contribution is 2.38. The molecule has 0 aliphatic carbocycles. The maximum atomic E-state index is 13.1. The Morgan fingerprint density at radius 3 is 2.54 bits per heavy atom. The minimum absolute atomic E-state index is 0.117. The zero-order chi connectivity index (χ0) is 18.4. The number of hydrogen-bond donors (Lipinski definition) is 0. The maximum absolute atomic E-state index is 13.1. The van der Waals surface area contributed by atoms with Gasteiger partial charge in [0.2, 0.25) is 5.76 Å². The molecule has 0 radical (unpaired) electrons. The number of amides is 1. The van der Waals surface area contributed by atoms with Gasteiger partial charge in [-0.25, -0.2) is 0 Å². The third-order valence-corrected chi connectivity index (χ3v) is 4.69. The van der Waals surface area contributed by atoms with Crippen LogP contribution < -0.4 is 5.43 Å². The van der Waals surface area contributed by atoms with Crippen LogP contribution in [0.5, 0.6) is 0 Å². The summed E-state index contributed by atoms with van der Waals surface area (Å²) < 4.78 is 11.6. The lowest BCUT2D eigenvalue weighted by Gasteiger charge is -2.24. The molecular formula is C20H20N2O4. The first-order valence-electron chi connectivity index (χ1n) is 8.55. The first-order valence-corrected chi connectivity index (χ1v) is 8.55. The number of aryl methyl sites for hydroxylation is 1. The number of furan rings is 1. The summed E-state index contributed by atoms with van der Waals surface area (Å²) in [7, 11) is 3.88. The van der Waals surface area contributed by atoms with Crippen LogP contribution in [0.25, 0.3) is 11.0 Å². The molecule has 2 aromatic heterocycles. The number of nitrogens with zero attached hydrogens (tertiary/aromatic N) is 2. The van der Waals surface area contributed by atoms with E-state index in [0.29, 0.717) is 35.4 Å². The number of likely N-dealkylation sites (N-methyl/N-ethyl adjacent to an activating group) is 1. The number of carbonyl (C=O) groups is 1. The van der Waals surface area contributed by atoms with Crippen LogP contribution in [0.1, 0.15) is 33.7 Å². The van der Waals surface area contributed by atoms with Crippen LogP contribution >= 0.6 is 0 Å². The van der Waals surface area contributed by atoms with Crippen molar-refractivity contribution in [3.05, 3.63) is 69.5 Å². The Kier molecular flexibility index (Phi) is 3.92. The Balaban J connectivity index is 1.93. The van der Waals surface area contributed by atoms with Gasteiger partial charge in [0, 0.05) is 13.1 Å². The van der Waals surface area contributed by atoms with Gasteiger partial charge in [0.15, 0.2) is 5.43 Å². The van der Waals surface area contributed by atoms with E-state index in [1.165, 1.54) is 0 Å². The van der Waals surface area contributed by atoms with Crippen molar-refractivity contribution >= 4 is 16.9 Å². The fourth-order valence-electron chi connectivity index (χ4n) is 3.40. The van der Waals surface area contributed by atoms with Gasteiger partial charge in [-0.05, 0) is 45.3 Å². The van der Waals surface area contributed by atoms with Crippen molar-refractivity contribution in [1.29, 1.82) is 0 Å². The summed E-state index contributed by atoms with van der Waals surface area (Å²) in [4.78, 5) is 29.8. The Hall–Kier alpha value is -2.86. The first-order chi connectivity index (χ1) is 12.5. The van der Waals surface area contributed by atoms with E-state index in [4.69, 9.17) is 8.83 Å². The van der Waals surface area contributed by atoms with Gasteiger partial charge in [0.25, 0.3) is 5.91 Å². The molecule has 4 rings (SSSR count). The summed E-state index contributed by atoms with van der Waals surface area (Å²) in [6.45, 7) is 2.98. The number of hydrogen-bond acceptors (Lipinski definition) is 5. The lowest BCUT2D eigenvalue weighted by Crippen LogP contribution is -2.35. The van der Waals surface area contributed by atoms with Crippen LogP contribution in [0, 0.1) is 6.92 Å². The van der Waals surface area contributed by atoms with E-state index < -0.39 is 6.04 Å². The molecule has 3 heterocycles. The van der Waals surface area contributed by atoms with Crippen molar-refractivity contribution in [2.24, 2.45) is 0 Å². The van der Waals surface area contributed by atoms with Gasteiger partial charge in [-0.3, -0.25) is 9.59 Å². The van der Waals surface area contributed by atoms with Crippen molar-refractivity contribution < 1.29 is 13.6 Å². The zero-order valence-electron chi connectivity index (χ0n) is 15.0. The summed E-state index contributed by atoms with van der Waals surface area (Å²) in [5, 5.41) is 0.474. The molecule has 0 spiro atoms. The van der Waals surface area contributed by atoms with E-state index in [-0.39, 0.29) is 17.1 Å². The highest BCUT2D eigenvalue weighted by Gasteiger charge is 2.44. The molecule has 0 unspecified atom stereocenters. The SMILES string of the molecule is Cc1ccc([C@@H]2c3c(oc4ccccc4c3=O)C(=O)N2CCN(C)C)o1. The normalized spacial score (nSPS) is 16.7. The zero-order valence-corrected chi connectivity index (χ0v) is 15.0. The second-order valence-electron chi connectivity index (χ2n) is 6.82. The number of fused-ring (bicyclic) bond motifs is 2. The van der Waals surface area contributed by atoms with Crippen LogP contribution in [0.2, 0.25) is 0 Å². The van der Waals surface area contributed by atoms with Gasteiger partial charge in [-0.1, -0.05) is 12.1 Å². The predicted octanol–water partition coefficient (Wildman–Crippen LogP) is 2.80. The predicted molar refractivity (Wildman–Crippen MR) is 97.4 cm³/mol. The number of para-hydroxylation sites is 1. The number of rotatable bonds is 4.